The summed E-state index contributed by atoms with van der Waals surface area (Å²) in [4.78, 5) is 22.2. The van der Waals surface area contributed by atoms with Crippen LogP contribution < -0.4 is 4.90 Å². The fourth-order valence-corrected chi connectivity index (χ4v) is 4.82. The number of amides is 1. The Bertz CT molecular complexity index is 1000. The summed E-state index contributed by atoms with van der Waals surface area (Å²) in [5.41, 5.74) is 4.70. The zero-order chi connectivity index (χ0) is 19.7. The first-order valence-electron chi connectivity index (χ1n) is 10.3. The largest absolute Gasteiger partial charge is 0.365 e. The minimum atomic E-state index is -0.0578. The van der Waals surface area contributed by atoms with E-state index in [1.807, 2.05) is 47.5 Å². The van der Waals surface area contributed by atoms with Crippen LogP contribution in [0.4, 0.5) is 5.69 Å². The van der Waals surface area contributed by atoms with E-state index in [0.717, 1.165) is 43.9 Å². The molecule has 4 nitrogen and oxygen atoms in total. The Balaban J connectivity index is 1.36. The molecule has 29 heavy (non-hydrogen) atoms. The smallest absolute Gasteiger partial charge is 0.227 e. The van der Waals surface area contributed by atoms with E-state index in [-0.39, 0.29) is 11.3 Å². The molecule has 1 spiro atoms. The van der Waals surface area contributed by atoms with E-state index in [9.17, 15) is 4.79 Å². The van der Waals surface area contributed by atoms with Gasteiger partial charge in [-0.2, -0.15) is 0 Å². The van der Waals surface area contributed by atoms with Crippen LogP contribution in [0.3, 0.4) is 0 Å². The Morgan fingerprint density at radius 1 is 0.897 bits per heavy atom. The molecule has 1 atom stereocenters. The summed E-state index contributed by atoms with van der Waals surface area (Å²) in [7, 11) is 0. The van der Waals surface area contributed by atoms with Gasteiger partial charge in [-0.05, 0) is 29.7 Å². The molecule has 2 aliphatic heterocycles. The third-order valence-corrected chi connectivity index (χ3v) is 6.24. The first kappa shape index (κ1) is 17.9. The molecule has 0 N–H and O–H groups in total. The number of carbonyl (C=O) groups is 1. The van der Waals surface area contributed by atoms with Gasteiger partial charge >= 0.3 is 0 Å². The van der Waals surface area contributed by atoms with Crippen molar-refractivity contribution in [2.75, 3.05) is 24.5 Å². The van der Waals surface area contributed by atoms with Crippen molar-refractivity contribution in [3.05, 3.63) is 95.8 Å². The fourth-order valence-electron chi connectivity index (χ4n) is 4.82. The second-order valence-corrected chi connectivity index (χ2v) is 8.22. The lowest BCUT2D eigenvalue weighted by atomic mass is 9.85. The first-order valence-corrected chi connectivity index (χ1v) is 10.3. The molecule has 3 heterocycles. The highest BCUT2D eigenvalue weighted by Gasteiger charge is 2.49. The van der Waals surface area contributed by atoms with Gasteiger partial charge in [0.15, 0.2) is 0 Å². The van der Waals surface area contributed by atoms with Gasteiger partial charge in [-0.1, -0.05) is 60.7 Å². The van der Waals surface area contributed by atoms with Crippen LogP contribution in [-0.4, -0.2) is 35.4 Å². The van der Waals surface area contributed by atoms with Gasteiger partial charge < -0.3 is 9.80 Å². The molecule has 0 unspecified atom stereocenters. The van der Waals surface area contributed by atoms with Gasteiger partial charge in [0, 0.05) is 32.4 Å². The molecule has 1 saturated heterocycles. The van der Waals surface area contributed by atoms with E-state index in [0.29, 0.717) is 6.42 Å². The average molecular weight is 383 g/mol. The number of benzene rings is 2. The number of anilines is 1. The summed E-state index contributed by atoms with van der Waals surface area (Å²) < 4.78 is 0. The predicted octanol–water partition coefficient (Wildman–Crippen LogP) is 3.81. The number of fused-ring (bicyclic) bond motifs is 2. The van der Waals surface area contributed by atoms with E-state index in [2.05, 4.69) is 41.3 Å². The van der Waals surface area contributed by atoms with Crippen LogP contribution in [0.1, 0.15) is 23.2 Å². The van der Waals surface area contributed by atoms with Crippen LogP contribution in [0.5, 0.6) is 0 Å². The number of pyridine rings is 1. The minimum absolute atomic E-state index is 0.0578. The van der Waals surface area contributed by atoms with Crippen molar-refractivity contribution < 1.29 is 4.79 Å². The van der Waals surface area contributed by atoms with Crippen LogP contribution in [0.15, 0.2) is 79.0 Å². The minimum Gasteiger partial charge on any atom is -0.365 e. The maximum Gasteiger partial charge on any atom is 0.227 e. The maximum atomic E-state index is 12.9. The quantitative estimate of drug-likeness (QED) is 0.687. The standard InChI is InChI=1S/C25H25N3O/c29-23(16-20-8-3-1-4-9-20)27-15-13-25(18-27)19-28(17-21-10-5-2-6-11-21)22-12-7-14-26-24(22)25/h1-12,14H,13,15-19H2/t25-/m1/s1. The molecule has 146 valence electrons. The molecule has 5 rings (SSSR count). The molecular weight excluding hydrogens is 358 g/mol. The molecule has 1 amide bonds. The number of nitrogens with zero attached hydrogens (tertiary/aromatic N) is 3. The van der Waals surface area contributed by atoms with Crippen molar-refractivity contribution in [3.8, 4) is 0 Å². The second-order valence-electron chi connectivity index (χ2n) is 8.22. The van der Waals surface area contributed by atoms with E-state index in [1.54, 1.807) is 0 Å². The first-order chi connectivity index (χ1) is 14.2. The summed E-state index contributed by atoms with van der Waals surface area (Å²) in [5, 5.41) is 0. The number of carbonyl (C=O) groups excluding carboxylic acids is 1. The van der Waals surface area contributed by atoms with Crippen LogP contribution in [0.25, 0.3) is 0 Å². The van der Waals surface area contributed by atoms with Gasteiger partial charge in [0.1, 0.15) is 0 Å². The van der Waals surface area contributed by atoms with Crippen molar-refractivity contribution in [3.63, 3.8) is 0 Å². The van der Waals surface area contributed by atoms with Crippen LogP contribution >= 0.6 is 0 Å². The number of hydrogen-bond acceptors (Lipinski definition) is 3. The number of rotatable bonds is 4. The lowest BCUT2D eigenvalue weighted by Crippen LogP contribution is -2.38. The second kappa shape index (κ2) is 7.36. The van der Waals surface area contributed by atoms with Crippen molar-refractivity contribution in [1.82, 2.24) is 9.88 Å². The molecule has 2 aliphatic rings. The highest BCUT2D eigenvalue weighted by Crippen LogP contribution is 2.45. The van der Waals surface area contributed by atoms with Crippen molar-refractivity contribution in [2.24, 2.45) is 0 Å². The average Bonchev–Trinajstić information content (AvgIpc) is 3.32. The van der Waals surface area contributed by atoms with Crippen LogP contribution in [0.2, 0.25) is 0 Å². The Labute approximate surface area is 171 Å². The Kier molecular flexibility index (Phi) is 4.55. The molecule has 0 bridgehead atoms. The topological polar surface area (TPSA) is 36.4 Å². The monoisotopic (exact) mass is 383 g/mol. The lowest BCUT2D eigenvalue weighted by Gasteiger charge is -2.26. The Hall–Kier alpha value is -3.14. The van der Waals surface area contributed by atoms with Gasteiger partial charge in [0.25, 0.3) is 0 Å². The Morgan fingerprint density at radius 3 is 2.38 bits per heavy atom. The number of aromatic nitrogens is 1. The molecule has 1 fully saturated rings. The number of hydrogen-bond donors (Lipinski definition) is 0. The molecule has 2 aromatic carbocycles. The third-order valence-electron chi connectivity index (χ3n) is 6.24. The molecule has 0 saturated carbocycles. The van der Waals surface area contributed by atoms with Crippen molar-refractivity contribution >= 4 is 11.6 Å². The van der Waals surface area contributed by atoms with E-state index >= 15 is 0 Å². The normalized spacial score (nSPS) is 20.3. The predicted molar refractivity (Wildman–Crippen MR) is 115 cm³/mol. The third kappa shape index (κ3) is 3.39. The molecule has 1 aromatic heterocycles. The van der Waals surface area contributed by atoms with Gasteiger partial charge in [0.2, 0.25) is 5.91 Å². The van der Waals surface area contributed by atoms with Crippen LogP contribution in [0, 0.1) is 0 Å². The molecule has 3 aromatic rings. The highest BCUT2D eigenvalue weighted by molar-refractivity contribution is 5.79. The zero-order valence-corrected chi connectivity index (χ0v) is 16.5. The summed E-state index contributed by atoms with van der Waals surface area (Å²) in [6.07, 6.45) is 3.34. The molecule has 4 heteroatoms. The van der Waals surface area contributed by atoms with Gasteiger partial charge in [0.05, 0.1) is 23.2 Å². The summed E-state index contributed by atoms with van der Waals surface area (Å²) in [6.45, 7) is 3.36. The summed E-state index contributed by atoms with van der Waals surface area (Å²) in [5.74, 6) is 0.215. The van der Waals surface area contributed by atoms with E-state index < -0.39 is 0 Å². The summed E-state index contributed by atoms with van der Waals surface area (Å²) >= 11 is 0. The Morgan fingerprint density at radius 2 is 1.62 bits per heavy atom. The molecule has 0 radical (unpaired) electrons. The van der Waals surface area contributed by atoms with E-state index in [1.165, 1.54) is 11.3 Å². The van der Waals surface area contributed by atoms with Gasteiger partial charge in [-0.15, -0.1) is 0 Å². The summed E-state index contributed by atoms with van der Waals surface area (Å²) in [6, 6.07) is 24.8. The highest BCUT2D eigenvalue weighted by atomic mass is 16.2. The van der Waals surface area contributed by atoms with Crippen molar-refractivity contribution in [1.29, 1.82) is 0 Å². The van der Waals surface area contributed by atoms with Crippen molar-refractivity contribution in [2.45, 2.75) is 24.8 Å². The maximum absolute atomic E-state index is 12.9. The van der Waals surface area contributed by atoms with Gasteiger partial charge in [-0.25, -0.2) is 0 Å². The lowest BCUT2D eigenvalue weighted by molar-refractivity contribution is -0.129. The fraction of sp³-hybridized carbons (Fsp3) is 0.280. The number of likely N-dealkylation sites (tertiary alicyclic amines) is 1. The van der Waals surface area contributed by atoms with Crippen LogP contribution in [-0.2, 0) is 23.2 Å². The van der Waals surface area contributed by atoms with Gasteiger partial charge in [-0.3, -0.25) is 9.78 Å². The van der Waals surface area contributed by atoms with E-state index in [4.69, 9.17) is 4.98 Å². The molecular formula is C25H25N3O. The SMILES string of the molecule is O=C(Cc1ccccc1)N1CC[C@@]2(C1)CN(Cc1ccccc1)c1cccnc12. The molecule has 0 aliphatic carbocycles. The zero-order valence-electron chi connectivity index (χ0n) is 16.5.